The lowest BCUT2D eigenvalue weighted by molar-refractivity contribution is -0.158. The molecule has 2 aromatic rings. The second-order valence-corrected chi connectivity index (χ2v) is 9.97. The molecule has 8 heteroatoms. The van der Waals surface area contributed by atoms with Gasteiger partial charge in [0, 0.05) is 23.6 Å². The Kier molecular flexibility index (Phi) is 5.84. The Bertz CT molecular complexity index is 1140. The predicted octanol–water partition coefficient (Wildman–Crippen LogP) is 1.55. The number of piperazine rings is 1. The van der Waals surface area contributed by atoms with Gasteiger partial charge in [0.15, 0.2) is 0 Å². The Hall–Kier alpha value is -2.73. The molecule has 0 saturated carbocycles. The molecule has 6 nitrogen and oxygen atoms in total. The van der Waals surface area contributed by atoms with E-state index in [9.17, 15) is 22.7 Å². The number of aliphatic hydroxyl groups is 1. The maximum Gasteiger partial charge on any atom is 0.238 e. The summed E-state index contributed by atoms with van der Waals surface area (Å²) in [6, 6.07) is 12.8. The van der Waals surface area contributed by atoms with Crippen molar-refractivity contribution in [3.05, 3.63) is 71.0 Å². The van der Waals surface area contributed by atoms with Crippen LogP contribution in [-0.2, 0) is 14.8 Å². The van der Waals surface area contributed by atoms with Gasteiger partial charge in [-0.2, -0.15) is 4.31 Å². The van der Waals surface area contributed by atoms with E-state index in [2.05, 4.69) is 11.8 Å². The first-order valence-electron chi connectivity index (χ1n) is 10.1. The van der Waals surface area contributed by atoms with Crippen molar-refractivity contribution < 1.29 is 22.7 Å². The van der Waals surface area contributed by atoms with E-state index in [4.69, 9.17) is 0 Å². The van der Waals surface area contributed by atoms with E-state index in [1.807, 2.05) is 24.3 Å². The molecule has 0 bridgehead atoms. The van der Waals surface area contributed by atoms with Gasteiger partial charge in [0.25, 0.3) is 0 Å². The molecule has 0 radical (unpaired) electrons. The first-order valence-corrected chi connectivity index (χ1v) is 11.7. The highest BCUT2D eigenvalue weighted by Crippen LogP contribution is 2.43. The van der Waals surface area contributed by atoms with Crippen molar-refractivity contribution in [3.8, 4) is 11.8 Å². The second-order valence-electron chi connectivity index (χ2n) is 7.72. The molecule has 1 amide bonds. The molecular weight excluding hydrogens is 419 g/mol. The van der Waals surface area contributed by atoms with Crippen molar-refractivity contribution in [2.75, 3.05) is 25.4 Å². The Balaban J connectivity index is 1.54. The van der Waals surface area contributed by atoms with Crippen molar-refractivity contribution >= 4 is 15.9 Å². The number of aliphatic hydroxyl groups excluding tert-OH is 1. The summed E-state index contributed by atoms with van der Waals surface area (Å²) in [5, 5.41) is 9.86. The summed E-state index contributed by atoms with van der Waals surface area (Å²) in [6.07, 6.45) is 0. The average molecular weight is 443 g/mol. The second kappa shape index (κ2) is 8.42. The van der Waals surface area contributed by atoms with Gasteiger partial charge in [-0.1, -0.05) is 24.0 Å². The molecule has 162 valence electrons. The zero-order valence-electron chi connectivity index (χ0n) is 17.0. The van der Waals surface area contributed by atoms with E-state index in [0.29, 0.717) is 5.56 Å². The van der Waals surface area contributed by atoms with Gasteiger partial charge >= 0.3 is 0 Å². The maximum atomic E-state index is 13.0. The minimum absolute atomic E-state index is 0.0531. The molecule has 2 aliphatic heterocycles. The van der Waals surface area contributed by atoms with Crippen LogP contribution in [0.4, 0.5) is 4.39 Å². The largest absolute Gasteiger partial charge is 0.394 e. The SMILES string of the molecule is CCS(=O)(=O)N1CC(=O)N2[C@H](CO)[C@@H](c3ccc(C#Cc4ccc(F)cc4)cc3)[C@H]2C1. The molecule has 4 rings (SSSR count). The van der Waals surface area contributed by atoms with Crippen LogP contribution in [0, 0.1) is 17.7 Å². The zero-order valence-corrected chi connectivity index (χ0v) is 17.8. The van der Waals surface area contributed by atoms with Gasteiger partial charge in [0.05, 0.1) is 31.0 Å². The van der Waals surface area contributed by atoms with Crippen LogP contribution >= 0.6 is 0 Å². The highest BCUT2D eigenvalue weighted by Gasteiger charge is 2.55. The van der Waals surface area contributed by atoms with Crippen LogP contribution in [-0.4, -0.2) is 66.2 Å². The van der Waals surface area contributed by atoms with E-state index in [-0.39, 0.29) is 55.2 Å². The molecule has 2 saturated heterocycles. The summed E-state index contributed by atoms with van der Waals surface area (Å²) in [5.74, 6) is 5.23. The van der Waals surface area contributed by atoms with Crippen molar-refractivity contribution in [2.45, 2.75) is 24.9 Å². The van der Waals surface area contributed by atoms with Gasteiger partial charge in [0.1, 0.15) is 5.82 Å². The molecule has 0 spiro atoms. The fourth-order valence-corrected chi connectivity index (χ4v) is 5.38. The summed E-state index contributed by atoms with van der Waals surface area (Å²) in [5.41, 5.74) is 2.41. The van der Waals surface area contributed by atoms with Crippen LogP contribution in [0.25, 0.3) is 0 Å². The van der Waals surface area contributed by atoms with Gasteiger partial charge in [-0.3, -0.25) is 4.79 Å². The number of amides is 1. The fourth-order valence-electron chi connectivity index (χ4n) is 4.33. The van der Waals surface area contributed by atoms with Gasteiger partial charge in [-0.05, 0) is 48.9 Å². The van der Waals surface area contributed by atoms with E-state index in [0.717, 1.165) is 11.1 Å². The zero-order chi connectivity index (χ0) is 22.2. The first kappa shape index (κ1) is 21.5. The number of sulfonamides is 1. The Morgan fingerprint density at radius 2 is 1.65 bits per heavy atom. The number of benzene rings is 2. The number of fused-ring (bicyclic) bond motifs is 1. The summed E-state index contributed by atoms with van der Waals surface area (Å²) >= 11 is 0. The van der Waals surface area contributed by atoms with E-state index in [1.54, 1.807) is 24.0 Å². The maximum absolute atomic E-state index is 13.0. The average Bonchev–Trinajstić information content (AvgIpc) is 2.75. The lowest BCUT2D eigenvalue weighted by Gasteiger charge is -2.58. The Morgan fingerprint density at radius 3 is 2.19 bits per heavy atom. The minimum Gasteiger partial charge on any atom is -0.394 e. The molecule has 0 aromatic heterocycles. The van der Waals surface area contributed by atoms with Crippen LogP contribution in [0.2, 0.25) is 0 Å². The van der Waals surface area contributed by atoms with Crippen LogP contribution < -0.4 is 0 Å². The third kappa shape index (κ3) is 4.09. The van der Waals surface area contributed by atoms with Crippen LogP contribution in [0.15, 0.2) is 48.5 Å². The van der Waals surface area contributed by atoms with E-state index in [1.165, 1.54) is 16.4 Å². The predicted molar refractivity (Wildman–Crippen MR) is 114 cm³/mol. The molecular formula is C23H23FN2O4S. The molecule has 31 heavy (non-hydrogen) atoms. The number of halogens is 1. The number of nitrogens with zero attached hydrogens (tertiary/aromatic N) is 2. The summed E-state index contributed by atoms with van der Waals surface area (Å²) in [7, 11) is -3.47. The summed E-state index contributed by atoms with van der Waals surface area (Å²) in [4.78, 5) is 14.2. The summed E-state index contributed by atoms with van der Waals surface area (Å²) in [6.45, 7) is 1.44. The van der Waals surface area contributed by atoms with Crippen molar-refractivity contribution in [1.82, 2.24) is 9.21 Å². The third-order valence-corrected chi connectivity index (χ3v) is 7.76. The quantitative estimate of drug-likeness (QED) is 0.729. The smallest absolute Gasteiger partial charge is 0.238 e. The normalized spacial score (nSPS) is 23.5. The number of rotatable bonds is 4. The van der Waals surface area contributed by atoms with Gasteiger partial charge < -0.3 is 10.0 Å². The van der Waals surface area contributed by atoms with Gasteiger partial charge in [-0.25, -0.2) is 12.8 Å². The topological polar surface area (TPSA) is 77.9 Å². The molecule has 2 heterocycles. The Labute approximate surface area is 181 Å². The van der Waals surface area contributed by atoms with Crippen LogP contribution in [0.3, 0.4) is 0 Å². The van der Waals surface area contributed by atoms with E-state index >= 15 is 0 Å². The third-order valence-electron chi connectivity index (χ3n) is 5.97. The Morgan fingerprint density at radius 1 is 1.06 bits per heavy atom. The highest BCUT2D eigenvalue weighted by molar-refractivity contribution is 7.89. The van der Waals surface area contributed by atoms with Crippen molar-refractivity contribution in [3.63, 3.8) is 0 Å². The number of hydrogen-bond donors (Lipinski definition) is 1. The monoisotopic (exact) mass is 442 g/mol. The minimum atomic E-state index is -3.47. The first-order chi connectivity index (χ1) is 14.8. The van der Waals surface area contributed by atoms with E-state index < -0.39 is 10.0 Å². The number of hydrogen-bond acceptors (Lipinski definition) is 4. The van der Waals surface area contributed by atoms with Crippen LogP contribution in [0.5, 0.6) is 0 Å². The molecule has 2 fully saturated rings. The van der Waals surface area contributed by atoms with Gasteiger partial charge in [-0.15, -0.1) is 0 Å². The highest BCUT2D eigenvalue weighted by atomic mass is 32.2. The molecule has 2 aliphatic rings. The van der Waals surface area contributed by atoms with Crippen LogP contribution in [0.1, 0.15) is 29.5 Å². The standard InChI is InChI=1S/C23H23FN2O4S/c1-2-31(29,30)25-13-20-23(21(15-27)26(20)22(28)14-25)18-9-5-16(6-10-18)3-4-17-7-11-19(24)12-8-17/h5-12,20-21,23,27H,2,13-15H2,1H3/t20-,21-,23+/m1/s1. The summed E-state index contributed by atoms with van der Waals surface area (Å²) < 4.78 is 38.8. The number of carbonyl (C=O) groups is 1. The van der Waals surface area contributed by atoms with Crippen molar-refractivity contribution in [2.24, 2.45) is 0 Å². The lowest BCUT2D eigenvalue weighted by atomic mass is 9.74. The molecule has 3 atom stereocenters. The molecule has 2 aromatic carbocycles. The van der Waals surface area contributed by atoms with Gasteiger partial charge in [0.2, 0.25) is 15.9 Å². The number of carbonyl (C=O) groups excluding carboxylic acids is 1. The fraction of sp³-hybridized carbons (Fsp3) is 0.348. The van der Waals surface area contributed by atoms with Crippen molar-refractivity contribution in [1.29, 1.82) is 0 Å². The molecule has 0 aliphatic carbocycles. The molecule has 1 N–H and O–H groups in total. The molecule has 0 unspecified atom stereocenters. The lowest BCUT2D eigenvalue weighted by Crippen LogP contribution is -2.73.